The molecule has 1 N–H and O–H groups in total. The number of benzene rings is 2. The summed E-state index contributed by atoms with van der Waals surface area (Å²) in [5.74, 6) is -0.361. The fraction of sp³-hybridized carbons (Fsp3) is 0.350. The molecule has 2 aromatic rings. The maximum absolute atomic E-state index is 12.8. The number of amides is 1. The molecule has 0 saturated carbocycles. The van der Waals surface area contributed by atoms with E-state index < -0.39 is 10.0 Å². The first-order valence-electron chi connectivity index (χ1n) is 9.09. The summed E-state index contributed by atoms with van der Waals surface area (Å²) in [5.41, 5.74) is 3.55. The highest BCUT2D eigenvalue weighted by molar-refractivity contribution is 7.89. The molecule has 0 unspecified atom stereocenters. The van der Waals surface area contributed by atoms with E-state index in [0.717, 1.165) is 19.3 Å². The molecule has 144 valence electrons. The van der Waals surface area contributed by atoms with Gasteiger partial charge in [0.1, 0.15) is 4.90 Å². The number of hydrogen-bond donors (Lipinski definition) is 1. The van der Waals surface area contributed by atoms with Gasteiger partial charge in [-0.3, -0.25) is 4.79 Å². The molecule has 0 heterocycles. The van der Waals surface area contributed by atoms with Crippen LogP contribution in [0.4, 0.5) is 5.69 Å². The van der Waals surface area contributed by atoms with E-state index in [-0.39, 0.29) is 21.4 Å². The number of hydrogen-bond acceptors (Lipinski definition) is 3. The Balaban J connectivity index is 1.88. The lowest BCUT2D eigenvalue weighted by atomic mass is 10.1. The Kier molecular flexibility index (Phi) is 5.89. The quantitative estimate of drug-likeness (QED) is 0.784. The smallest absolute Gasteiger partial charge is 0.255 e. The number of halogens is 1. The molecule has 0 spiro atoms. The number of carbonyl (C=O) groups excluding carboxylic acids is 1. The van der Waals surface area contributed by atoms with Gasteiger partial charge in [-0.2, -0.15) is 4.31 Å². The zero-order chi connectivity index (χ0) is 19.6. The van der Waals surface area contributed by atoms with Crippen molar-refractivity contribution in [3.05, 3.63) is 58.1 Å². The summed E-state index contributed by atoms with van der Waals surface area (Å²) in [5, 5.41) is 2.96. The number of nitrogens with one attached hydrogen (secondary N) is 1. The molecule has 1 amide bonds. The van der Waals surface area contributed by atoms with Crippen LogP contribution < -0.4 is 5.32 Å². The van der Waals surface area contributed by atoms with E-state index in [1.165, 1.54) is 33.6 Å². The van der Waals surface area contributed by atoms with Crippen molar-refractivity contribution in [2.45, 2.75) is 38.0 Å². The third-order valence-corrected chi connectivity index (χ3v) is 7.40. The summed E-state index contributed by atoms with van der Waals surface area (Å²) < 4.78 is 26.9. The molecule has 0 saturated heterocycles. The van der Waals surface area contributed by atoms with Crippen LogP contribution >= 0.6 is 11.6 Å². The SMILES string of the molecule is CCN(CC)S(=O)(=O)c1cc(C(=O)Nc2ccc3c(c2)CCC3)ccc1Cl. The Morgan fingerprint density at radius 1 is 1.07 bits per heavy atom. The molecular weight excluding hydrogens is 384 g/mol. The monoisotopic (exact) mass is 406 g/mol. The van der Waals surface area contributed by atoms with Crippen LogP contribution in [-0.4, -0.2) is 31.7 Å². The predicted octanol–water partition coefficient (Wildman–Crippen LogP) is 4.11. The minimum absolute atomic E-state index is 0.0468. The molecule has 3 rings (SSSR count). The standard InChI is InChI=1S/C20H23ClN2O3S/c1-3-23(4-2)27(25,26)19-13-16(9-11-18(19)21)20(24)22-17-10-8-14-6-5-7-15(14)12-17/h8-13H,3-7H2,1-2H3,(H,22,24). The summed E-state index contributed by atoms with van der Waals surface area (Å²) >= 11 is 6.13. The number of anilines is 1. The highest BCUT2D eigenvalue weighted by atomic mass is 35.5. The summed E-state index contributed by atoms with van der Waals surface area (Å²) in [6.45, 7) is 4.19. The molecule has 0 fully saturated rings. The molecule has 0 aromatic heterocycles. The first-order valence-corrected chi connectivity index (χ1v) is 10.9. The average molecular weight is 407 g/mol. The van der Waals surface area contributed by atoms with Gasteiger partial charge in [-0.15, -0.1) is 0 Å². The topological polar surface area (TPSA) is 66.5 Å². The van der Waals surface area contributed by atoms with Crippen molar-refractivity contribution < 1.29 is 13.2 Å². The van der Waals surface area contributed by atoms with Crippen LogP contribution in [0.3, 0.4) is 0 Å². The van der Waals surface area contributed by atoms with Gasteiger partial charge in [0.05, 0.1) is 5.02 Å². The van der Waals surface area contributed by atoms with E-state index >= 15 is 0 Å². The molecule has 0 bridgehead atoms. The molecular formula is C20H23ClN2O3S. The second kappa shape index (κ2) is 8.00. The van der Waals surface area contributed by atoms with Gasteiger partial charge in [0.25, 0.3) is 5.91 Å². The summed E-state index contributed by atoms with van der Waals surface area (Å²) in [7, 11) is -3.75. The van der Waals surface area contributed by atoms with Crippen LogP contribution in [0, 0.1) is 0 Å². The number of nitrogens with zero attached hydrogens (tertiary/aromatic N) is 1. The van der Waals surface area contributed by atoms with Crippen molar-refractivity contribution in [2.24, 2.45) is 0 Å². The molecule has 7 heteroatoms. The lowest BCUT2D eigenvalue weighted by molar-refractivity contribution is 0.102. The van der Waals surface area contributed by atoms with Crippen LogP contribution in [-0.2, 0) is 22.9 Å². The third-order valence-electron chi connectivity index (χ3n) is 4.87. The second-order valence-corrected chi connectivity index (χ2v) is 8.84. The Bertz CT molecular complexity index is 969. The van der Waals surface area contributed by atoms with Crippen molar-refractivity contribution in [1.82, 2.24) is 4.31 Å². The van der Waals surface area contributed by atoms with Crippen molar-refractivity contribution in [3.8, 4) is 0 Å². The number of carbonyl (C=O) groups is 1. The molecule has 2 aromatic carbocycles. The molecule has 1 aliphatic rings. The molecule has 5 nitrogen and oxygen atoms in total. The van der Waals surface area contributed by atoms with Crippen LogP contribution in [0.15, 0.2) is 41.3 Å². The first-order chi connectivity index (χ1) is 12.9. The van der Waals surface area contributed by atoms with E-state index in [0.29, 0.717) is 18.8 Å². The first kappa shape index (κ1) is 19.9. The fourth-order valence-corrected chi connectivity index (χ4v) is 5.36. The van der Waals surface area contributed by atoms with Crippen LogP contribution in [0.2, 0.25) is 5.02 Å². The summed E-state index contributed by atoms with van der Waals surface area (Å²) in [6, 6.07) is 10.2. The van der Waals surface area contributed by atoms with Gasteiger partial charge in [-0.05, 0) is 60.7 Å². The zero-order valence-corrected chi connectivity index (χ0v) is 17.0. The van der Waals surface area contributed by atoms with Crippen molar-refractivity contribution in [3.63, 3.8) is 0 Å². The third kappa shape index (κ3) is 4.03. The van der Waals surface area contributed by atoms with Crippen LogP contribution in [0.5, 0.6) is 0 Å². The lowest BCUT2D eigenvalue weighted by Crippen LogP contribution is -2.31. The summed E-state index contributed by atoms with van der Waals surface area (Å²) in [4.78, 5) is 12.6. The molecule has 0 atom stereocenters. The normalized spacial score (nSPS) is 13.6. The molecule has 27 heavy (non-hydrogen) atoms. The van der Waals surface area contributed by atoms with Gasteiger partial charge in [-0.25, -0.2) is 8.42 Å². The van der Waals surface area contributed by atoms with Gasteiger partial charge in [0, 0.05) is 24.3 Å². The van der Waals surface area contributed by atoms with Gasteiger partial charge in [-0.1, -0.05) is 31.5 Å². The number of aryl methyl sites for hydroxylation is 2. The van der Waals surface area contributed by atoms with Gasteiger partial charge in [0.15, 0.2) is 0 Å². The molecule has 0 radical (unpaired) electrons. The Morgan fingerprint density at radius 3 is 2.48 bits per heavy atom. The van der Waals surface area contributed by atoms with Crippen molar-refractivity contribution in [2.75, 3.05) is 18.4 Å². The van der Waals surface area contributed by atoms with Gasteiger partial charge < -0.3 is 5.32 Å². The summed E-state index contributed by atoms with van der Waals surface area (Å²) in [6.07, 6.45) is 3.23. The average Bonchev–Trinajstić information content (AvgIpc) is 3.10. The van der Waals surface area contributed by atoms with Crippen LogP contribution in [0.1, 0.15) is 41.8 Å². The number of fused-ring (bicyclic) bond motifs is 1. The van der Waals surface area contributed by atoms with Crippen molar-refractivity contribution in [1.29, 1.82) is 0 Å². The molecule has 1 aliphatic carbocycles. The Hall–Kier alpha value is -1.89. The van der Waals surface area contributed by atoms with E-state index in [4.69, 9.17) is 11.6 Å². The van der Waals surface area contributed by atoms with Gasteiger partial charge in [0.2, 0.25) is 10.0 Å². The Labute approximate surface area is 165 Å². The van der Waals surface area contributed by atoms with E-state index in [1.807, 2.05) is 18.2 Å². The van der Waals surface area contributed by atoms with E-state index in [2.05, 4.69) is 5.32 Å². The van der Waals surface area contributed by atoms with E-state index in [1.54, 1.807) is 13.8 Å². The maximum Gasteiger partial charge on any atom is 0.255 e. The van der Waals surface area contributed by atoms with Crippen LogP contribution in [0.25, 0.3) is 0 Å². The predicted molar refractivity (Wildman–Crippen MR) is 108 cm³/mol. The number of rotatable bonds is 6. The maximum atomic E-state index is 12.8. The zero-order valence-electron chi connectivity index (χ0n) is 15.5. The van der Waals surface area contributed by atoms with Crippen molar-refractivity contribution >= 4 is 33.2 Å². The minimum Gasteiger partial charge on any atom is -0.322 e. The molecule has 0 aliphatic heterocycles. The second-order valence-electron chi connectivity index (χ2n) is 6.53. The highest BCUT2D eigenvalue weighted by Gasteiger charge is 2.25. The highest BCUT2D eigenvalue weighted by Crippen LogP contribution is 2.27. The largest absolute Gasteiger partial charge is 0.322 e. The minimum atomic E-state index is -3.75. The van der Waals surface area contributed by atoms with E-state index in [9.17, 15) is 13.2 Å². The van der Waals surface area contributed by atoms with Gasteiger partial charge >= 0.3 is 0 Å². The Morgan fingerprint density at radius 2 is 1.78 bits per heavy atom. The fourth-order valence-electron chi connectivity index (χ4n) is 3.40. The lowest BCUT2D eigenvalue weighted by Gasteiger charge is -2.19. The number of sulfonamides is 1.